The molecule has 1 atom stereocenters. The lowest BCUT2D eigenvalue weighted by Crippen LogP contribution is -2.41. The zero-order chi connectivity index (χ0) is 18.4. The van der Waals surface area contributed by atoms with E-state index in [0.717, 1.165) is 45.2 Å². The van der Waals surface area contributed by atoms with Crippen LogP contribution in [0, 0.1) is 5.92 Å². The molecule has 1 amide bonds. The number of nitrogens with zero attached hydrogens (tertiary/aromatic N) is 4. The zero-order valence-electron chi connectivity index (χ0n) is 14.8. The van der Waals surface area contributed by atoms with Crippen LogP contribution >= 0.6 is 0 Å². The molecule has 2 aromatic rings. The number of aromatic nitrogens is 3. The smallest absolute Gasteiger partial charge is 0.358 e. The van der Waals surface area contributed by atoms with E-state index in [-0.39, 0.29) is 18.1 Å². The largest absolute Gasteiger partial charge is 0.476 e. The first kappa shape index (κ1) is 18.1. The van der Waals surface area contributed by atoms with Crippen LogP contribution in [0.1, 0.15) is 41.7 Å². The van der Waals surface area contributed by atoms with Crippen LogP contribution < -0.4 is 0 Å². The van der Waals surface area contributed by atoms with Crippen molar-refractivity contribution in [1.82, 2.24) is 19.9 Å². The van der Waals surface area contributed by atoms with E-state index in [4.69, 9.17) is 5.11 Å². The number of carbonyl (C=O) groups excluding carboxylic acids is 1. The fraction of sp³-hybridized carbons (Fsp3) is 0.474. The Hall–Kier alpha value is -2.70. The average molecular weight is 356 g/mol. The van der Waals surface area contributed by atoms with Gasteiger partial charge in [0, 0.05) is 13.1 Å². The lowest BCUT2D eigenvalue weighted by Gasteiger charge is -2.32. The summed E-state index contributed by atoms with van der Waals surface area (Å²) in [5, 5.41) is 16.1. The predicted octanol–water partition coefficient (Wildman–Crippen LogP) is 2.24. The first-order valence-corrected chi connectivity index (χ1v) is 9.07. The normalized spacial score (nSPS) is 17.2. The summed E-state index contributed by atoms with van der Waals surface area (Å²) in [6, 6.07) is 10.5. The Morgan fingerprint density at radius 3 is 2.77 bits per heavy atom. The van der Waals surface area contributed by atoms with E-state index in [0.29, 0.717) is 5.92 Å². The van der Waals surface area contributed by atoms with Crippen LogP contribution in [0.5, 0.6) is 0 Å². The van der Waals surface area contributed by atoms with E-state index in [1.54, 1.807) is 0 Å². The van der Waals surface area contributed by atoms with Gasteiger partial charge in [-0.1, -0.05) is 35.5 Å². The first-order valence-electron chi connectivity index (χ1n) is 9.07. The van der Waals surface area contributed by atoms with Crippen molar-refractivity contribution in [3.63, 3.8) is 0 Å². The van der Waals surface area contributed by atoms with E-state index < -0.39 is 5.97 Å². The molecule has 2 heterocycles. The van der Waals surface area contributed by atoms with Gasteiger partial charge in [-0.15, -0.1) is 5.10 Å². The summed E-state index contributed by atoms with van der Waals surface area (Å²) < 4.78 is 1.30. The van der Waals surface area contributed by atoms with Crippen molar-refractivity contribution in [3.05, 3.63) is 47.8 Å². The number of piperidine rings is 1. The summed E-state index contributed by atoms with van der Waals surface area (Å²) in [5.41, 5.74) is 1.21. The van der Waals surface area contributed by atoms with Crippen LogP contribution in [-0.4, -0.2) is 50.0 Å². The van der Waals surface area contributed by atoms with Gasteiger partial charge in [0.1, 0.15) is 6.54 Å². The number of amides is 1. The third-order valence-corrected chi connectivity index (χ3v) is 4.85. The fourth-order valence-electron chi connectivity index (χ4n) is 3.48. The van der Waals surface area contributed by atoms with Crippen LogP contribution in [0.4, 0.5) is 0 Å². The van der Waals surface area contributed by atoms with Gasteiger partial charge in [-0.3, -0.25) is 4.79 Å². The number of likely N-dealkylation sites (tertiary alicyclic amines) is 1. The van der Waals surface area contributed by atoms with Gasteiger partial charge in [-0.05, 0) is 43.6 Å². The molecule has 26 heavy (non-hydrogen) atoms. The highest BCUT2D eigenvalue weighted by Crippen LogP contribution is 2.22. The van der Waals surface area contributed by atoms with Crippen LogP contribution in [0.3, 0.4) is 0 Å². The molecular weight excluding hydrogens is 332 g/mol. The van der Waals surface area contributed by atoms with Gasteiger partial charge in [-0.25, -0.2) is 9.48 Å². The number of hydrogen-bond donors (Lipinski definition) is 1. The molecule has 1 aliphatic rings. The Morgan fingerprint density at radius 2 is 2.04 bits per heavy atom. The van der Waals surface area contributed by atoms with Gasteiger partial charge in [-0.2, -0.15) is 0 Å². The van der Waals surface area contributed by atoms with Gasteiger partial charge in [0.25, 0.3) is 0 Å². The third kappa shape index (κ3) is 4.91. The summed E-state index contributed by atoms with van der Waals surface area (Å²) in [5.74, 6) is -0.638. The van der Waals surface area contributed by atoms with Crippen molar-refractivity contribution in [2.45, 2.75) is 38.6 Å². The number of hydrogen-bond acceptors (Lipinski definition) is 4. The number of aryl methyl sites for hydroxylation is 1. The fourth-order valence-corrected chi connectivity index (χ4v) is 3.48. The maximum Gasteiger partial charge on any atom is 0.358 e. The maximum atomic E-state index is 12.5. The van der Waals surface area contributed by atoms with Crippen molar-refractivity contribution >= 4 is 11.9 Å². The molecule has 0 bridgehead atoms. The molecule has 1 N–H and O–H groups in total. The van der Waals surface area contributed by atoms with Crippen LogP contribution in [0.25, 0.3) is 0 Å². The summed E-state index contributed by atoms with van der Waals surface area (Å²) in [7, 11) is 0. The average Bonchev–Trinajstić information content (AvgIpc) is 3.12. The first-order chi connectivity index (χ1) is 12.6. The second-order valence-electron chi connectivity index (χ2n) is 6.83. The molecule has 0 spiro atoms. The van der Waals surface area contributed by atoms with Crippen LogP contribution in [0.15, 0.2) is 36.5 Å². The molecule has 0 radical (unpaired) electrons. The van der Waals surface area contributed by atoms with Gasteiger partial charge in [0.15, 0.2) is 5.69 Å². The van der Waals surface area contributed by atoms with Crippen LogP contribution in [0.2, 0.25) is 0 Å². The number of carboxylic acid groups (broad SMARTS) is 1. The Kier molecular flexibility index (Phi) is 5.99. The predicted molar refractivity (Wildman–Crippen MR) is 95.7 cm³/mol. The molecule has 1 unspecified atom stereocenters. The topological polar surface area (TPSA) is 88.3 Å². The molecule has 3 rings (SSSR count). The molecule has 1 aliphatic heterocycles. The standard InChI is InChI=1S/C19H24N4O3/c24-18(14-23-13-17(19(25)26)20-21-23)22-11-5-10-16(12-22)9-4-8-15-6-2-1-3-7-15/h1-3,6-7,13,16H,4-5,8-12,14H2,(H,25,26). The van der Waals surface area contributed by atoms with Crippen molar-refractivity contribution in [3.8, 4) is 0 Å². The Labute approximate surface area is 152 Å². The minimum absolute atomic E-state index is 0.0281. The van der Waals surface area contributed by atoms with Gasteiger partial charge in [0.2, 0.25) is 5.91 Å². The number of aromatic carboxylic acids is 1. The lowest BCUT2D eigenvalue weighted by atomic mass is 9.92. The van der Waals surface area contributed by atoms with E-state index in [1.807, 2.05) is 11.0 Å². The van der Waals surface area contributed by atoms with Crippen molar-refractivity contribution in [2.24, 2.45) is 5.92 Å². The van der Waals surface area contributed by atoms with E-state index >= 15 is 0 Å². The second-order valence-corrected chi connectivity index (χ2v) is 6.83. The van der Waals surface area contributed by atoms with Crippen LogP contribution in [-0.2, 0) is 17.8 Å². The highest BCUT2D eigenvalue weighted by Gasteiger charge is 2.24. The molecule has 0 aliphatic carbocycles. The molecule has 1 aromatic carbocycles. The summed E-state index contributed by atoms with van der Waals surface area (Å²) in [4.78, 5) is 25.2. The molecule has 1 saturated heterocycles. The van der Waals surface area contributed by atoms with E-state index in [9.17, 15) is 9.59 Å². The minimum Gasteiger partial charge on any atom is -0.476 e. The molecule has 7 nitrogen and oxygen atoms in total. The molecule has 138 valence electrons. The zero-order valence-corrected chi connectivity index (χ0v) is 14.8. The summed E-state index contributed by atoms with van der Waals surface area (Å²) in [6.07, 6.45) is 6.78. The highest BCUT2D eigenvalue weighted by atomic mass is 16.4. The van der Waals surface area contributed by atoms with Gasteiger partial charge in [0.05, 0.1) is 6.20 Å². The lowest BCUT2D eigenvalue weighted by molar-refractivity contribution is -0.133. The molecular formula is C19H24N4O3. The molecule has 7 heteroatoms. The monoisotopic (exact) mass is 356 g/mol. The molecule has 0 saturated carbocycles. The number of carboxylic acids is 1. The Bertz CT molecular complexity index is 744. The van der Waals surface area contributed by atoms with Gasteiger partial charge >= 0.3 is 5.97 Å². The Balaban J connectivity index is 1.46. The second kappa shape index (κ2) is 8.60. The van der Waals surface area contributed by atoms with Crippen molar-refractivity contribution in [1.29, 1.82) is 0 Å². The number of rotatable bonds is 7. The van der Waals surface area contributed by atoms with Gasteiger partial charge < -0.3 is 10.0 Å². The third-order valence-electron chi connectivity index (χ3n) is 4.85. The van der Waals surface area contributed by atoms with E-state index in [2.05, 4.69) is 34.6 Å². The minimum atomic E-state index is -1.14. The summed E-state index contributed by atoms with van der Waals surface area (Å²) >= 11 is 0. The number of benzene rings is 1. The highest BCUT2D eigenvalue weighted by molar-refractivity contribution is 5.84. The van der Waals surface area contributed by atoms with Crippen molar-refractivity contribution in [2.75, 3.05) is 13.1 Å². The molecule has 1 fully saturated rings. The maximum absolute atomic E-state index is 12.5. The SMILES string of the molecule is O=C(O)c1cn(CC(=O)N2CCCC(CCCc3ccccc3)C2)nn1. The Morgan fingerprint density at radius 1 is 1.23 bits per heavy atom. The number of carbonyl (C=O) groups is 2. The van der Waals surface area contributed by atoms with E-state index in [1.165, 1.54) is 16.4 Å². The van der Waals surface area contributed by atoms with Crippen molar-refractivity contribution < 1.29 is 14.7 Å². The summed E-state index contributed by atoms with van der Waals surface area (Å²) in [6.45, 7) is 1.57. The molecule has 1 aromatic heterocycles. The quantitative estimate of drug-likeness (QED) is 0.822.